The van der Waals surface area contributed by atoms with Gasteiger partial charge in [0.15, 0.2) is 11.5 Å². The molecule has 0 aliphatic carbocycles. The van der Waals surface area contributed by atoms with Crippen LogP contribution >= 0.6 is 0 Å². The Morgan fingerprint density at radius 2 is 1.65 bits per heavy atom. The number of carbonyl (C=O) groups is 1. The van der Waals surface area contributed by atoms with Crippen molar-refractivity contribution in [1.82, 2.24) is 5.32 Å². The Bertz CT molecular complexity index is 1290. The van der Waals surface area contributed by atoms with Crippen molar-refractivity contribution in [3.8, 4) is 11.5 Å². The van der Waals surface area contributed by atoms with E-state index in [-0.39, 0.29) is 17.5 Å². The summed E-state index contributed by atoms with van der Waals surface area (Å²) in [6.45, 7) is 6.33. The Hall–Kier alpha value is -3.52. The van der Waals surface area contributed by atoms with Gasteiger partial charge in [0.2, 0.25) is 5.91 Å². The first-order chi connectivity index (χ1) is 16.3. The van der Waals surface area contributed by atoms with E-state index in [9.17, 15) is 13.2 Å². The molecule has 1 N–H and O–H groups in total. The second kappa shape index (κ2) is 9.77. The molecule has 3 aromatic rings. The summed E-state index contributed by atoms with van der Waals surface area (Å²) in [5.74, 6) is 0.886. The van der Waals surface area contributed by atoms with Crippen LogP contribution < -0.4 is 19.1 Å². The Balaban J connectivity index is 1.58. The zero-order valence-corrected chi connectivity index (χ0v) is 20.3. The van der Waals surface area contributed by atoms with Gasteiger partial charge >= 0.3 is 0 Å². The quantitative estimate of drug-likeness (QED) is 0.549. The molecule has 0 spiro atoms. The summed E-state index contributed by atoms with van der Waals surface area (Å²) in [6.07, 6.45) is 0. The van der Waals surface area contributed by atoms with Crippen molar-refractivity contribution in [2.75, 3.05) is 24.1 Å². The van der Waals surface area contributed by atoms with E-state index in [4.69, 9.17) is 9.47 Å². The third-order valence-electron chi connectivity index (χ3n) is 5.84. The van der Waals surface area contributed by atoms with Crippen LogP contribution in [0.25, 0.3) is 0 Å². The molecule has 0 unspecified atom stereocenters. The number of carbonyl (C=O) groups excluding carboxylic acids is 1. The van der Waals surface area contributed by atoms with E-state index >= 15 is 0 Å². The second-order valence-electron chi connectivity index (χ2n) is 8.29. The number of hydrogen-bond donors (Lipinski definition) is 1. The summed E-state index contributed by atoms with van der Waals surface area (Å²) in [5.41, 5.74) is 3.25. The molecule has 0 radical (unpaired) electrons. The van der Waals surface area contributed by atoms with Gasteiger partial charge in [-0.05, 0) is 73.9 Å². The largest absolute Gasteiger partial charge is 0.486 e. The van der Waals surface area contributed by atoms with Gasteiger partial charge < -0.3 is 14.8 Å². The van der Waals surface area contributed by atoms with Gasteiger partial charge in [-0.15, -0.1) is 0 Å². The van der Waals surface area contributed by atoms with E-state index in [1.165, 1.54) is 12.1 Å². The number of aryl methyl sites for hydroxylation is 2. The van der Waals surface area contributed by atoms with E-state index in [1.54, 1.807) is 30.3 Å². The van der Waals surface area contributed by atoms with Crippen LogP contribution in [0.3, 0.4) is 0 Å². The number of ether oxygens (including phenoxy) is 2. The van der Waals surface area contributed by atoms with Crippen LogP contribution in [0.15, 0.2) is 71.6 Å². The third-order valence-corrected chi connectivity index (χ3v) is 7.63. The van der Waals surface area contributed by atoms with Crippen LogP contribution in [0.5, 0.6) is 11.5 Å². The van der Waals surface area contributed by atoms with E-state index in [2.05, 4.69) is 5.32 Å². The van der Waals surface area contributed by atoms with Crippen molar-refractivity contribution in [3.05, 3.63) is 83.4 Å². The van der Waals surface area contributed by atoms with Crippen LogP contribution in [0, 0.1) is 13.8 Å². The van der Waals surface area contributed by atoms with Crippen LogP contribution in [0.4, 0.5) is 5.69 Å². The number of anilines is 1. The van der Waals surface area contributed by atoms with Crippen LogP contribution in [-0.4, -0.2) is 34.1 Å². The Labute approximate surface area is 200 Å². The molecule has 3 aromatic carbocycles. The molecule has 0 saturated carbocycles. The predicted molar refractivity (Wildman–Crippen MR) is 131 cm³/mol. The molecular weight excluding hydrogens is 452 g/mol. The van der Waals surface area contributed by atoms with E-state index in [1.807, 2.05) is 45.0 Å². The molecule has 8 heteroatoms. The molecule has 1 aliphatic rings. The highest BCUT2D eigenvalue weighted by molar-refractivity contribution is 7.92. The molecular formula is C26H28N2O5S. The normalized spacial score (nSPS) is 13.7. The minimum atomic E-state index is -3.96. The van der Waals surface area contributed by atoms with Crippen molar-refractivity contribution < 1.29 is 22.7 Å². The predicted octanol–water partition coefficient (Wildman–Crippen LogP) is 4.15. The molecule has 1 aliphatic heterocycles. The first-order valence-corrected chi connectivity index (χ1v) is 12.5. The Morgan fingerprint density at radius 3 is 2.35 bits per heavy atom. The molecule has 0 bridgehead atoms. The molecule has 1 atom stereocenters. The highest BCUT2D eigenvalue weighted by Gasteiger charge is 2.28. The van der Waals surface area contributed by atoms with Gasteiger partial charge in [0, 0.05) is 0 Å². The monoisotopic (exact) mass is 480 g/mol. The van der Waals surface area contributed by atoms with Crippen LogP contribution in [0.2, 0.25) is 0 Å². The van der Waals surface area contributed by atoms with Crippen LogP contribution in [0.1, 0.15) is 29.7 Å². The first kappa shape index (κ1) is 23.6. The fraction of sp³-hybridized carbons (Fsp3) is 0.269. The van der Waals surface area contributed by atoms with Crippen molar-refractivity contribution in [1.29, 1.82) is 0 Å². The summed E-state index contributed by atoms with van der Waals surface area (Å²) < 4.78 is 39.3. The average molecular weight is 481 g/mol. The topological polar surface area (TPSA) is 84.9 Å². The number of fused-ring (bicyclic) bond motifs is 1. The van der Waals surface area contributed by atoms with Gasteiger partial charge in [0.1, 0.15) is 19.8 Å². The van der Waals surface area contributed by atoms with Gasteiger partial charge in [-0.1, -0.05) is 30.3 Å². The lowest BCUT2D eigenvalue weighted by molar-refractivity contribution is -0.120. The molecule has 34 heavy (non-hydrogen) atoms. The van der Waals surface area contributed by atoms with E-state index in [0.717, 1.165) is 21.0 Å². The summed E-state index contributed by atoms with van der Waals surface area (Å²) in [7, 11) is -3.96. The second-order valence-corrected chi connectivity index (χ2v) is 10.1. The lowest BCUT2D eigenvalue weighted by Crippen LogP contribution is -2.41. The van der Waals surface area contributed by atoms with Crippen molar-refractivity contribution in [3.63, 3.8) is 0 Å². The zero-order valence-electron chi connectivity index (χ0n) is 19.4. The van der Waals surface area contributed by atoms with Crippen molar-refractivity contribution in [2.24, 2.45) is 0 Å². The molecule has 178 valence electrons. The fourth-order valence-corrected chi connectivity index (χ4v) is 5.18. The van der Waals surface area contributed by atoms with Crippen LogP contribution in [-0.2, 0) is 14.8 Å². The number of benzene rings is 3. The molecule has 0 saturated heterocycles. The first-order valence-electron chi connectivity index (χ1n) is 11.1. The maximum Gasteiger partial charge on any atom is 0.264 e. The summed E-state index contributed by atoms with van der Waals surface area (Å²) in [4.78, 5) is 13.2. The number of rotatable bonds is 7. The van der Waals surface area contributed by atoms with Gasteiger partial charge in [-0.25, -0.2) is 8.42 Å². The Morgan fingerprint density at radius 1 is 0.941 bits per heavy atom. The van der Waals surface area contributed by atoms with Gasteiger partial charge in [0.25, 0.3) is 10.0 Å². The molecule has 7 nitrogen and oxygen atoms in total. The minimum Gasteiger partial charge on any atom is -0.486 e. The maximum atomic E-state index is 13.5. The highest BCUT2D eigenvalue weighted by Crippen LogP contribution is 2.32. The van der Waals surface area contributed by atoms with Gasteiger partial charge in [-0.2, -0.15) is 0 Å². The number of nitrogens with zero attached hydrogens (tertiary/aromatic N) is 1. The van der Waals surface area contributed by atoms with Crippen molar-refractivity contribution in [2.45, 2.75) is 31.7 Å². The van der Waals surface area contributed by atoms with Gasteiger partial charge in [-0.3, -0.25) is 9.10 Å². The molecule has 0 aromatic heterocycles. The summed E-state index contributed by atoms with van der Waals surface area (Å²) in [6, 6.07) is 18.6. The number of hydrogen-bond acceptors (Lipinski definition) is 5. The number of sulfonamides is 1. The lowest BCUT2D eigenvalue weighted by atomic mass is 10.1. The summed E-state index contributed by atoms with van der Waals surface area (Å²) in [5, 5.41) is 2.91. The van der Waals surface area contributed by atoms with Gasteiger partial charge in [0.05, 0.1) is 16.6 Å². The molecule has 1 heterocycles. The molecule has 0 fully saturated rings. The summed E-state index contributed by atoms with van der Waals surface area (Å²) >= 11 is 0. The highest BCUT2D eigenvalue weighted by atomic mass is 32.2. The minimum absolute atomic E-state index is 0.126. The standard InChI is InChI=1S/C26H28N2O5S/c1-18-9-11-22(15-19(18)2)28(34(30,31)23-7-5-4-6-8-23)17-26(29)27-20(3)21-10-12-24-25(16-21)33-14-13-32-24/h4-12,15-16,20H,13-14,17H2,1-3H3,(H,27,29)/t20-/m1/s1. The Kier molecular flexibility index (Phi) is 6.79. The zero-order chi connectivity index (χ0) is 24.3. The van der Waals surface area contributed by atoms with E-state index < -0.39 is 15.9 Å². The lowest BCUT2D eigenvalue weighted by Gasteiger charge is -2.26. The molecule has 4 rings (SSSR count). The fourth-order valence-electron chi connectivity index (χ4n) is 3.75. The number of amides is 1. The average Bonchev–Trinajstić information content (AvgIpc) is 2.84. The molecule has 1 amide bonds. The maximum absolute atomic E-state index is 13.5. The third kappa shape index (κ3) is 5.02. The number of nitrogens with one attached hydrogen (secondary N) is 1. The van der Waals surface area contributed by atoms with E-state index in [0.29, 0.717) is 30.4 Å². The smallest absolute Gasteiger partial charge is 0.264 e. The SMILES string of the molecule is Cc1ccc(N(CC(=O)N[C@H](C)c2ccc3c(c2)OCCO3)S(=O)(=O)c2ccccc2)cc1C. The van der Waals surface area contributed by atoms with Crippen molar-refractivity contribution >= 4 is 21.6 Å².